The molecule has 2 rings (SSSR count). The molecule has 1 saturated carbocycles. The summed E-state index contributed by atoms with van der Waals surface area (Å²) in [7, 11) is 0. The number of carbonyl (C=O) groups excluding carboxylic acids is 1. The lowest BCUT2D eigenvalue weighted by Gasteiger charge is -2.37. The van der Waals surface area contributed by atoms with Crippen LogP contribution >= 0.6 is 0 Å². The minimum absolute atomic E-state index is 0.0925. The van der Waals surface area contributed by atoms with E-state index < -0.39 is 17.4 Å². The molecule has 2 fully saturated rings. The highest BCUT2D eigenvalue weighted by molar-refractivity contribution is 5.70. The summed E-state index contributed by atoms with van der Waals surface area (Å²) in [6.07, 6.45) is 6.36. The number of nitrogens with zero attached hydrogens (tertiary/aromatic N) is 1. The van der Waals surface area contributed by atoms with E-state index in [-0.39, 0.29) is 36.7 Å². The van der Waals surface area contributed by atoms with Crippen molar-refractivity contribution >= 4 is 6.09 Å². The van der Waals surface area contributed by atoms with Crippen LogP contribution in [0.4, 0.5) is 4.79 Å². The van der Waals surface area contributed by atoms with Crippen molar-refractivity contribution in [2.24, 2.45) is 17.8 Å². The standard InChI is InChI=1S/C24H45NO5/c1-16(2)18(20(27)15-26)14-21-19(13-17-11-9-8-10-12-17)25(24(6,7)29-21)22(28)30-23(3,4)5/h16-21,26-27H,8-15H2,1-7H3/t18-,19-,20?,21-/m0/s1. The van der Waals surface area contributed by atoms with Crippen LogP contribution < -0.4 is 0 Å². The first-order valence-electron chi connectivity index (χ1n) is 11.8. The zero-order valence-corrected chi connectivity index (χ0v) is 20.2. The van der Waals surface area contributed by atoms with Gasteiger partial charge < -0.3 is 19.7 Å². The van der Waals surface area contributed by atoms with Crippen LogP contribution in [-0.4, -0.2) is 57.4 Å². The van der Waals surface area contributed by atoms with Crippen molar-refractivity contribution in [2.75, 3.05) is 6.61 Å². The van der Waals surface area contributed by atoms with Gasteiger partial charge in [0.25, 0.3) is 0 Å². The Hall–Kier alpha value is -0.850. The molecule has 0 spiro atoms. The van der Waals surface area contributed by atoms with E-state index in [9.17, 15) is 15.0 Å². The monoisotopic (exact) mass is 427 g/mol. The van der Waals surface area contributed by atoms with Gasteiger partial charge in [0.15, 0.2) is 0 Å². The zero-order chi connectivity index (χ0) is 22.7. The second-order valence-electron chi connectivity index (χ2n) is 11.2. The van der Waals surface area contributed by atoms with Crippen molar-refractivity contribution in [3.05, 3.63) is 0 Å². The second-order valence-corrected chi connectivity index (χ2v) is 11.2. The summed E-state index contributed by atoms with van der Waals surface area (Å²) >= 11 is 0. The van der Waals surface area contributed by atoms with Crippen LogP contribution in [0.5, 0.6) is 0 Å². The highest BCUT2D eigenvalue weighted by Gasteiger charge is 2.52. The molecule has 176 valence electrons. The molecule has 1 aliphatic carbocycles. The van der Waals surface area contributed by atoms with E-state index in [4.69, 9.17) is 9.47 Å². The van der Waals surface area contributed by atoms with Gasteiger partial charge in [0.05, 0.1) is 24.9 Å². The Bertz CT molecular complexity index is 550. The summed E-state index contributed by atoms with van der Waals surface area (Å²) in [4.78, 5) is 15.0. The minimum atomic E-state index is -0.789. The number of aliphatic hydroxyl groups is 2. The third-order valence-electron chi connectivity index (χ3n) is 6.71. The first-order chi connectivity index (χ1) is 13.9. The zero-order valence-electron chi connectivity index (χ0n) is 20.2. The molecule has 6 nitrogen and oxygen atoms in total. The predicted octanol–water partition coefficient (Wildman–Crippen LogP) is 4.71. The van der Waals surface area contributed by atoms with Gasteiger partial charge in [-0.1, -0.05) is 46.0 Å². The van der Waals surface area contributed by atoms with Crippen LogP contribution in [0.1, 0.15) is 93.4 Å². The molecule has 1 aliphatic heterocycles. The highest BCUT2D eigenvalue weighted by atomic mass is 16.6. The Balaban J connectivity index is 2.30. The summed E-state index contributed by atoms with van der Waals surface area (Å²) in [5.74, 6) is 0.682. The van der Waals surface area contributed by atoms with Crippen LogP contribution in [-0.2, 0) is 9.47 Å². The van der Waals surface area contributed by atoms with E-state index in [0.717, 1.165) is 6.42 Å². The normalized spacial score (nSPS) is 27.3. The molecule has 1 unspecified atom stereocenters. The lowest BCUT2D eigenvalue weighted by atomic mass is 9.80. The number of aliphatic hydroxyl groups excluding tert-OH is 2. The molecule has 2 aliphatic rings. The number of rotatable bonds is 7. The maximum Gasteiger partial charge on any atom is 0.412 e. The molecule has 1 amide bonds. The van der Waals surface area contributed by atoms with Gasteiger partial charge >= 0.3 is 6.09 Å². The summed E-state index contributed by atoms with van der Waals surface area (Å²) < 4.78 is 12.2. The van der Waals surface area contributed by atoms with Crippen molar-refractivity contribution in [1.29, 1.82) is 0 Å². The number of ether oxygens (including phenoxy) is 2. The average molecular weight is 428 g/mol. The van der Waals surface area contributed by atoms with Crippen molar-refractivity contribution in [3.63, 3.8) is 0 Å². The maximum absolute atomic E-state index is 13.2. The highest BCUT2D eigenvalue weighted by Crippen LogP contribution is 2.42. The molecule has 0 aromatic heterocycles. The summed E-state index contributed by atoms with van der Waals surface area (Å²) in [6.45, 7) is 13.4. The van der Waals surface area contributed by atoms with Crippen molar-refractivity contribution in [1.82, 2.24) is 4.90 Å². The van der Waals surface area contributed by atoms with Crippen LogP contribution in [0.15, 0.2) is 0 Å². The third-order valence-corrected chi connectivity index (χ3v) is 6.71. The molecule has 6 heteroatoms. The van der Waals surface area contributed by atoms with Crippen molar-refractivity contribution in [2.45, 2.75) is 123 Å². The Kier molecular flexibility index (Phi) is 8.62. The molecule has 0 aromatic carbocycles. The predicted molar refractivity (Wildman–Crippen MR) is 118 cm³/mol. The largest absolute Gasteiger partial charge is 0.444 e. The topological polar surface area (TPSA) is 79.2 Å². The summed E-state index contributed by atoms with van der Waals surface area (Å²) in [5.41, 5.74) is -1.35. The third kappa shape index (κ3) is 6.57. The summed E-state index contributed by atoms with van der Waals surface area (Å²) in [5, 5.41) is 20.0. The van der Waals surface area contributed by atoms with E-state index in [0.29, 0.717) is 12.3 Å². The van der Waals surface area contributed by atoms with Crippen molar-refractivity contribution < 1.29 is 24.5 Å². The fraction of sp³-hybridized carbons (Fsp3) is 0.958. The molecule has 1 heterocycles. The van der Waals surface area contributed by atoms with Gasteiger partial charge in [0, 0.05) is 0 Å². The molecule has 2 N–H and O–H groups in total. The van der Waals surface area contributed by atoms with E-state index >= 15 is 0 Å². The molecule has 1 saturated heterocycles. The van der Waals surface area contributed by atoms with Gasteiger partial charge in [-0.25, -0.2) is 4.79 Å². The van der Waals surface area contributed by atoms with E-state index in [1.165, 1.54) is 32.1 Å². The SMILES string of the molecule is CC(C)[C@H](C[C@@H]1OC(C)(C)N(C(=O)OC(C)(C)C)[C@H]1CC1CCCCC1)C(O)CO. The molecule has 4 atom stereocenters. The Labute approximate surface area is 183 Å². The minimum Gasteiger partial charge on any atom is -0.444 e. The number of carbonyl (C=O) groups is 1. The van der Waals surface area contributed by atoms with Gasteiger partial charge in [0.1, 0.15) is 11.3 Å². The maximum atomic E-state index is 13.2. The molecule has 30 heavy (non-hydrogen) atoms. The lowest BCUT2D eigenvalue weighted by molar-refractivity contribution is -0.0883. The second kappa shape index (κ2) is 10.2. The summed E-state index contributed by atoms with van der Waals surface area (Å²) in [6, 6.07) is -0.0925. The van der Waals surface area contributed by atoms with E-state index in [2.05, 4.69) is 13.8 Å². The Morgan fingerprint density at radius 1 is 1.20 bits per heavy atom. The van der Waals surface area contributed by atoms with Gasteiger partial charge in [-0.2, -0.15) is 0 Å². The van der Waals surface area contributed by atoms with Gasteiger partial charge in [-0.3, -0.25) is 4.90 Å². The number of hydrogen-bond donors (Lipinski definition) is 2. The molecular formula is C24H45NO5. The lowest BCUT2D eigenvalue weighted by Crippen LogP contribution is -2.51. The van der Waals surface area contributed by atoms with Crippen LogP contribution in [0.2, 0.25) is 0 Å². The fourth-order valence-corrected chi connectivity index (χ4v) is 5.24. The van der Waals surface area contributed by atoms with E-state index in [1.807, 2.05) is 34.6 Å². The quantitative estimate of drug-likeness (QED) is 0.615. The number of hydrogen-bond acceptors (Lipinski definition) is 5. The first-order valence-corrected chi connectivity index (χ1v) is 11.8. The van der Waals surface area contributed by atoms with Gasteiger partial charge in [-0.15, -0.1) is 0 Å². The van der Waals surface area contributed by atoms with Gasteiger partial charge in [-0.05, 0) is 65.2 Å². The van der Waals surface area contributed by atoms with Crippen LogP contribution in [0.3, 0.4) is 0 Å². The molecule has 0 bridgehead atoms. The van der Waals surface area contributed by atoms with E-state index in [1.54, 1.807) is 4.90 Å². The van der Waals surface area contributed by atoms with Gasteiger partial charge in [0.2, 0.25) is 0 Å². The smallest absolute Gasteiger partial charge is 0.412 e. The Morgan fingerprint density at radius 3 is 2.30 bits per heavy atom. The Morgan fingerprint density at radius 2 is 1.80 bits per heavy atom. The fourth-order valence-electron chi connectivity index (χ4n) is 5.24. The number of amides is 1. The molecular weight excluding hydrogens is 382 g/mol. The van der Waals surface area contributed by atoms with Crippen molar-refractivity contribution in [3.8, 4) is 0 Å². The average Bonchev–Trinajstić information content (AvgIpc) is 2.87. The van der Waals surface area contributed by atoms with Crippen LogP contribution in [0.25, 0.3) is 0 Å². The van der Waals surface area contributed by atoms with Crippen LogP contribution in [0, 0.1) is 17.8 Å². The first kappa shape index (κ1) is 25.4. The molecule has 0 radical (unpaired) electrons. The molecule has 0 aromatic rings.